The Kier molecular flexibility index (Phi) is 4.28. The normalized spacial score (nSPS) is 16.9. The molecule has 5 heteroatoms. The van der Waals surface area contributed by atoms with E-state index >= 15 is 0 Å². The summed E-state index contributed by atoms with van der Waals surface area (Å²) in [6.45, 7) is 3.23. The van der Waals surface area contributed by atoms with Crippen molar-refractivity contribution in [2.75, 3.05) is 19.6 Å². The molecule has 0 saturated carbocycles. The van der Waals surface area contributed by atoms with E-state index in [1.54, 1.807) is 6.07 Å². The quantitative estimate of drug-likeness (QED) is 0.853. The van der Waals surface area contributed by atoms with Gasteiger partial charge in [0.2, 0.25) is 0 Å². The van der Waals surface area contributed by atoms with Crippen LogP contribution in [0.2, 0.25) is 0 Å². The molecule has 1 aromatic heterocycles. The lowest BCUT2D eigenvalue weighted by Gasteiger charge is -2.27. The highest BCUT2D eigenvalue weighted by atomic mass is 19.1. The van der Waals surface area contributed by atoms with Crippen LogP contribution in [0.4, 0.5) is 4.39 Å². The Hall–Kier alpha value is -1.46. The van der Waals surface area contributed by atoms with Gasteiger partial charge < -0.3 is 4.52 Å². The van der Waals surface area contributed by atoms with Gasteiger partial charge in [0, 0.05) is 31.1 Å². The number of piperidine rings is 1. The highest BCUT2D eigenvalue weighted by Gasteiger charge is 2.10. The molecule has 1 aromatic carbocycles. The molecule has 0 unspecified atom stereocenters. The maximum atomic E-state index is 13.1. The molecule has 3 rings (SSSR count). The van der Waals surface area contributed by atoms with Crippen molar-refractivity contribution >= 4 is 11.0 Å². The van der Waals surface area contributed by atoms with Gasteiger partial charge in [0.1, 0.15) is 5.82 Å². The number of halogens is 1. The van der Waals surface area contributed by atoms with Crippen LogP contribution in [0, 0.1) is 5.82 Å². The second-order valence-electron chi connectivity index (χ2n) is 5.33. The first-order valence-corrected chi connectivity index (χ1v) is 7.35. The van der Waals surface area contributed by atoms with Crippen LogP contribution in [0.3, 0.4) is 0 Å². The van der Waals surface area contributed by atoms with E-state index < -0.39 is 0 Å². The number of hydrogen-bond acceptors (Lipinski definition) is 4. The second-order valence-corrected chi connectivity index (χ2v) is 5.33. The zero-order chi connectivity index (χ0) is 13.8. The van der Waals surface area contributed by atoms with E-state index in [1.165, 1.54) is 31.4 Å². The molecule has 0 aliphatic carbocycles. The fourth-order valence-electron chi connectivity index (χ4n) is 2.69. The predicted octanol–water partition coefficient (Wildman–Crippen LogP) is 2.89. The molecule has 20 heavy (non-hydrogen) atoms. The van der Waals surface area contributed by atoms with Gasteiger partial charge in [-0.25, -0.2) is 9.40 Å². The number of aromatic nitrogens is 1. The van der Waals surface area contributed by atoms with E-state index in [-0.39, 0.29) is 5.82 Å². The minimum atomic E-state index is -0.285. The van der Waals surface area contributed by atoms with Gasteiger partial charge in [0.05, 0.1) is 5.69 Å². The number of hydrazine groups is 1. The van der Waals surface area contributed by atoms with Gasteiger partial charge in [-0.3, -0.25) is 5.43 Å². The van der Waals surface area contributed by atoms with E-state index in [1.807, 2.05) is 0 Å². The minimum Gasteiger partial charge on any atom is -0.356 e. The average Bonchev–Trinajstić information content (AvgIpc) is 2.87. The molecule has 0 radical (unpaired) electrons. The number of rotatable bonds is 5. The Balaban J connectivity index is 1.49. The van der Waals surface area contributed by atoms with Gasteiger partial charge in [0.15, 0.2) is 5.58 Å². The summed E-state index contributed by atoms with van der Waals surface area (Å²) in [7, 11) is 0. The standard InChI is InChI=1S/C15H20FN3O/c16-12-6-7-13-14(18-20-15(13)11-12)5-4-8-17-19-9-2-1-3-10-19/h6-7,11,17H,1-5,8-10H2. The maximum Gasteiger partial charge on any atom is 0.170 e. The molecule has 4 nitrogen and oxygen atoms in total. The Morgan fingerprint density at radius 2 is 2.10 bits per heavy atom. The van der Waals surface area contributed by atoms with Crippen LogP contribution in [0.5, 0.6) is 0 Å². The first-order valence-electron chi connectivity index (χ1n) is 7.35. The fraction of sp³-hybridized carbons (Fsp3) is 0.533. The molecular weight excluding hydrogens is 257 g/mol. The first-order chi connectivity index (χ1) is 9.83. The van der Waals surface area contributed by atoms with E-state index in [0.717, 1.165) is 43.6 Å². The number of nitrogens with zero attached hydrogens (tertiary/aromatic N) is 2. The van der Waals surface area contributed by atoms with Gasteiger partial charge in [-0.2, -0.15) is 0 Å². The van der Waals surface area contributed by atoms with Crippen molar-refractivity contribution in [2.24, 2.45) is 0 Å². The summed E-state index contributed by atoms with van der Waals surface area (Å²) in [5.41, 5.74) is 4.90. The molecule has 1 saturated heterocycles. The van der Waals surface area contributed by atoms with E-state index in [4.69, 9.17) is 4.52 Å². The summed E-state index contributed by atoms with van der Waals surface area (Å²) in [5.74, 6) is -0.285. The Bertz CT molecular complexity index is 563. The lowest BCUT2D eigenvalue weighted by atomic mass is 10.1. The van der Waals surface area contributed by atoms with Crippen LogP contribution in [-0.2, 0) is 6.42 Å². The lowest BCUT2D eigenvalue weighted by molar-refractivity contribution is 0.154. The molecule has 0 amide bonds. The highest BCUT2D eigenvalue weighted by Crippen LogP contribution is 2.20. The third-order valence-electron chi connectivity index (χ3n) is 3.79. The lowest BCUT2D eigenvalue weighted by Crippen LogP contribution is -2.42. The second kappa shape index (κ2) is 6.33. The summed E-state index contributed by atoms with van der Waals surface area (Å²) in [4.78, 5) is 0. The molecule has 0 bridgehead atoms. The third kappa shape index (κ3) is 3.16. The summed E-state index contributed by atoms with van der Waals surface area (Å²) < 4.78 is 18.2. The topological polar surface area (TPSA) is 41.3 Å². The summed E-state index contributed by atoms with van der Waals surface area (Å²) >= 11 is 0. The fourth-order valence-corrected chi connectivity index (χ4v) is 2.69. The molecule has 0 spiro atoms. The van der Waals surface area contributed by atoms with Gasteiger partial charge in [0.25, 0.3) is 0 Å². The summed E-state index contributed by atoms with van der Waals surface area (Å²) in [6.07, 6.45) is 5.76. The van der Waals surface area contributed by atoms with Crippen LogP contribution in [0.25, 0.3) is 11.0 Å². The molecule has 108 valence electrons. The zero-order valence-corrected chi connectivity index (χ0v) is 11.6. The smallest absolute Gasteiger partial charge is 0.170 e. The van der Waals surface area contributed by atoms with Gasteiger partial charge >= 0.3 is 0 Å². The number of aryl methyl sites for hydroxylation is 1. The van der Waals surface area contributed by atoms with Crippen LogP contribution >= 0.6 is 0 Å². The summed E-state index contributed by atoms with van der Waals surface area (Å²) in [6, 6.07) is 4.58. The van der Waals surface area contributed by atoms with Crippen molar-refractivity contribution in [1.82, 2.24) is 15.6 Å². The van der Waals surface area contributed by atoms with Gasteiger partial charge in [-0.1, -0.05) is 11.6 Å². The molecule has 1 fully saturated rings. The Morgan fingerprint density at radius 1 is 1.25 bits per heavy atom. The number of fused-ring (bicyclic) bond motifs is 1. The molecule has 1 N–H and O–H groups in total. The number of benzene rings is 1. The van der Waals surface area contributed by atoms with Crippen molar-refractivity contribution in [3.05, 3.63) is 29.7 Å². The Labute approximate surface area is 117 Å². The predicted molar refractivity (Wildman–Crippen MR) is 75.7 cm³/mol. The minimum absolute atomic E-state index is 0.285. The number of nitrogens with one attached hydrogen (secondary N) is 1. The molecule has 0 atom stereocenters. The van der Waals surface area contributed by atoms with E-state index in [0.29, 0.717) is 5.58 Å². The number of hydrogen-bond donors (Lipinski definition) is 1. The molecule has 1 aliphatic rings. The van der Waals surface area contributed by atoms with Crippen molar-refractivity contribution in [1.29, 1.82) is 0 Å². The average molecular weight is 277 g/mol. The van der Waals surface area contributed by atoms with E-state index in [9.17, 15) is 4.39 Å². The molecule has 1 aliphatic heterocycles. The van der Waals surface area contributed by atoms with Crippen LogP contribution in [0.15, 0.2) is 22.7 Å². The van der Waals surface area contributed by atoms with Crippen molar-refractivity contribution in [2.45, 2.75) is 32.1 Å². The van der Waals surface area contributed by atoms with E-state index in [2.05, 4.69) is 15.6 Å². The highest BCUT2D eigenvalue weighted by molar-refractivity contribution is 5.79. The Morgan fingerprint density at radius 3 is 2.95 bits per heavy atom. The molecular formula is C15H20FN3O. The van der Waals surface area contributed by atoms with Crippen molar-refractivity contribution in [3.63, 3.8) is 0 Å². The monoisotopic (exact) mass is 277 g/mol. The summed E-state index contributed by atoms with van der Waals surface area (Å²) in [5, 5.41) is 7.26. The van der Waals surface area contributed by atoms with Crippen LogP contribution in [0.1, 0.15) is 31.4 Å². The third-order valence-corrected chi connectivity index (χ3v) is 3.79. The largest absolute Gasteiger partial charge is 0.356 e. The first kappa shape index (κ1) is 13.5. The van der Waals surface area contributed by atoms with Crippen molar-refractivity contribution < 1.29 is 8.91 Å². The van der Waals surface area contributed by atoms with Crippen LogP contribution in [-0.4, -0.2) is 29.8 Å². The van der Waals surface area contributed by atoms with Gasteiger partial charge in [-0.05, 0) is 37.8 Å². The maximum absolute atomic E-state index is 13.1. The molecule has 2 heterocycles. The molecule has 2 aromatic rings. The zero-order valence-electron chi connectivity index (χ0n) is 11.6. The van der Waals surface area contributed by atoms with Crippen LogP contribution < -0.4 is 5.43 Å². The van der Waals surface area contributed by atoms with Gasteiger partial charge in [-0.15, -0.1) is 0 Å². The SMILES string of the molecule is Fc1ccc2c(CCCNN3CCCCC3)noc2c1. The van der Waals surface area contributed by atoms with Crippen molar-refractivity contribution in [3.8, 4) is 0 Å².